The molecule has 0 heterocycles. The van der Waals surface area contributed by atoms with Crippen LogP contribution in [0.2, 0.25) is 0 Å². The van der Waals surface area contributed by atoms with E-state index in [1.807, 2.05) is 21.1 Å². The summed E-state index contributed by atoms with van der Waals surface area (Å²) < 4.78 is 23.0. The first-order valence-electron chi connectivity index (χ1n) is 36.8. The molecular weight excluding hydrogens is 1080 g/mol. The number of unbranched alkanes of at least 4 members (excludes halogenated alkanes) is 39. The molecule has 9 heteroatoms. The van der Waals surface area contributed by atoms with Crippen molar-refractivity contribution in [3.05, 3.63) is 85.1 Å². The molecule has 0 aliphatic heterocycles. The van der Waals surface area contributed by atoms with Gasteiger partial charge < -0.3 is 28.5 Å². The van der Waals surface area contributed by atoms with Gasteiger partial charge in [-0.1, -0.05) is 317 Å². The molecule has 0 aromatic heterocycles. The lowest BCUT2D eigenvalue weighted by molar-refractivity contribution is -0.870. The molecular formula is C78H140NO8+. The third kappa shape index (κ3) is 69.8. The topological polar surface area (TPSA) is 108 Å². The molecule has 504 valence electrons. The fourth-order valence-electron chi connectivity index (χ4n) is 10.5. The minimum Gasteiger partial charge on any atom is -0.477 e. The minimum atomic E-state index is -1.51. The fourth-order valence-corrected chi connectivity index (χ4v) is 10.5. The van der Waals surface area contributed by atoms with Gasteiger partial charge in [0, 0.05) is 12.8 Å². The van der Waals surface area contributed by atoms with Crippen LogP contribution >= 0.6 is 0 Å². The number of hydrogen-bond acceptors (Lipinski definition) is 7. The van der Waals surface area contributed by atoms with Crippen molar-refractivity contribution in [2.24, 2.45) is 0 Å². The summed E-state index contributed by atoms with van der Waals surface area (Å²) in [5, 5.41) is 9.75. The van der Waals surface area contributed by atoms with Crippen molar-refractivity contribution >= 4 is 17.9 Å². The molecule has 0 aliphatic rings. The molecule has 1 N–H and O–H groups in total. The van der Waals surface area contributed by atoms with Crippen molar-refractivity contribution < 1.29 is 42.9 Å². The van der Waals surface area contributed by atoms with E-state index in [4.69, 9.17) is 18.9 Å². The molecule has 0 amide bonds. The Morgan fingerprint density at radius 2 is 0.655 bits per heavy atom. The van der Waals surface area contributed by atoms with Gasteiger partial charge in [-0.05, 0) is 89.9 Å². The summed E-state index contributed by atoms with van der Waals surface area (Å²) in [5.74, 6) is -1.99. The second kappa shape index (κ2) is 68.4. The third-order valence-corrected chi connectivity index (χ3v) is 16.1. The fraction of sp³-hybridized carbons (Fsp3) is 0.782. The summed E-state index contributed by atoms with van der Waals surface area (Å²) in [5.41, 5.74) is 0. The van der Waals surface area contributed by atoms with Crippen molar-refractivity contribution in [2.45, 2.75) is 347 Å². The number of carbonyl (C=O) groups is 3. The number of nitrogens with zero attached hydrogens (tertiary/aromatic N) is 1. The molecule has 0 aromatic rings. The number of esters is 2. The number of quaternary nitrogens is 1. The summed E-state index contributed by atoms with van der Waals surface area (Å²) in [6, 6.07) is 0. The molecule has 2 atom stereocenters. The first-order valence-corrected chi connectivity index (χ1v) is 36.8. The first-order chi connectivity index (χ1) is 42.6. The standard InChI is InChI=1S/C78H139NO8/c1-6-8-10-12-14-16-18-20-22-24-26-28-30-31-32-33-34-35-36-37-38-39-40-41-42-43-44-45-47-49-51-53-55-57-59-61-63-65-67-69-76(81)87-74(73-86-78(77(82)83)84-71-70-79(3,4)5)72-85-75(80)68-66-64-62-60-58-56-54-52-50-48-46-29-27-25-23-21-19-17-15-13-11-9-7-2/h8,10,14,16,19-22,25-28,31-32,74,78H,6-7,9,11-13,15,17-18,23-24,29-30,33-73H2,1-5H3/p+1/b10-8-,16-14-,21-19-,22-20-,27-25-,28-26-,32-31-. The van der Waals surface area contributed by atoms with Crippen LogP contribution in [0.3, 0.4) is 0 Å². The summed E-state index contributed by atoms with van der Waals surface area (Å²) in [6.45, 7) is 4.79. The van der Waals surface area contributed by atoms with Gasteiger partial charge in [0.15, 0.2) is 6.10 Å². The zero-order chi connectivity index (χ0) is 63.3. The van der Waals surface area contributed by atoms with Gasteiger partial charge >= 0.3 is 17.9 Å². The van der Waals surface area contributed by atoms with Gasteiger partial charge in [-0.2, -0.15) is 0 Å². The molecule has 0 saturated carbocycles. The minimum absolute atomic E-state index is 0.181. The van der Waals surface area contributed by atoms with Gasteiger partial charge in [-0.25, -0.2) is 4.79 Å². The van der Waals surface area contributed by atoms with E-state index in [0.717, 1.165) is 77.0 Å². The van der Waals surface area contributed by atoms with Crippen LogP contribution in [0, 0.1) is 0 Å². The Morgan fingerprint density at radius 3 is 0.977 bits per heavy atom. The zero-order valence-corrected chi connectivity index (χ0v) is 57.7. The molecule has 87 heavy (non-hydrogen) atoms. The highest BCUT2D eigenvalue weighted by Gasteiger charge is 2.25. The normalized spacial score (nSPS) is 13.2. The van der Waals surface area contributed by atoms with E-state index in [1.54, 1.807) is 0 Å². The maximum Gasteiger partial charge on any atom is 0.361 e. The van der Waals surface area contributed by atoms with Crippen LogP contribution in [0.5, 0.6) is 0 Å². The highest BCUT2D eigenvalue weighted by atomic mass is 16.7. The molecule has 0 saturated heterocycles. The Bertz CT molecular complexity index is 1700. The second-order valence-corrected chi connectivity index (χ2v) is 25.9. The number of likely N-dealkylation sites (N-methyl/N-ethyl adjacent to an activating group) is 1. The smallest absolute Gasteiger partial charge is 0.361 e. The molecule has 0 radical (unpaired) electrons. The van der Waals surface area contributed by atoms with E-state index in [2.05, 4.69) is 98.9 Å². The van der Waals surface area contributed by atoms with Crippen LogP contribution in [0.4, 0.5) is 0 Å². The highest BCUT2D eigenvalue weighted by molar-refractivity contribution is 5.71. The largest absolute Gasteiger partial charge is 0.477 e. The van der Waals surface area contributed by atoms with Crippen LogP contribution in [0.25, 0.3) is 0 Å². The number of carbonyl (C=O) groups excluding carboxylic acids is 2. The number of ether oxygens (including phenoxy) is 4. The van der Waals surface area contributed by atoms with Crippen molar-refractivity contribution in [1.29, 1.82) is 0 Å². The molecule has 0 rings (SSSR count). The predicted octanol–water partition coefficient (Wildman–Crippen LogP) is 23.0. The van der Waals surface area contributed by atoms with Crippen LogP contribution in [-0.4, -0.2) is 87.4 Å². The molecule has 2 unspecified atom stereocenters. The Labute approximate surface area is 538 Å². The van der Waals surface area contributed by atoms with Crippen molar-refractivity contribution in [3.8, 4) is 0 Å². The summed E-state index contributed by atoms with van der Waals surface area (Å²) >= 11 is 0. The number of carboxylic acids is 1. The molecule has 0 aromatic carbocycles. The monoisotopic (exact) mass is 1220 g/mol. The molecule has 0 spiro atoms. The van der Waals surface area contributed by atoms with Crippen molar-refractivity contribution in [2.75, 3.05) is 47.5 Å². The van der Waals surface area contributed by atoms with Gasteiger partial charge in [0.05, 0.1) is 34.4 Å². The number of allylic oxidation sites excluding steroid dienone is 14. The third-order valence-electron chi connectivity index (χ3n) is 16.1. The Hall–Kier alpha value is -3.53. The lowest BCUT2D eigenvalue weighted by Crippen LogP contribution is -2.40. The maximum absolute atomic E-state index is 13.0. The molecule has 0 fully saturated rings. The number of carboxylic acid groups (broad SMARTS) is 1. The maximum atomic E-state index is 13.0. The van der Waals surface area contributed by atoms with E-state index in [-0.39, 0.29) is 38.2 Å². The quantitative estimate of drug-likeness (QED) is 0.0211. The number of hydrogen-bond donors (Lipinski definition) is 1. The highest BCUT2D eigenvalue weighted by Crippen LogP contribution is 2.18. The van der Waals surface area contributed by atoms with Gasteiger partial charge in [0.25, 0.3) is 6.29 Å². The average molecular weight is 1220 g/mol. The Balaban J connectivity index is 4.01. The van der Waals surface area contributed by atoms with Gasteiger partial charge in [-0.3, -0.25) is 9.59 Å². The Kier molecular flexibility index (Phi) is 65.6. The molecule has 0 bridgehead atoms. The number of rotatable bonds is 68. The summed E-state index contributed by atoms with van der Waals surface area (Å²) in [7, 11) is 5.99. The molecule has 9 nitrogen and oxygen atoms in total. The lowest BCUT2D eigenvalue weighted by atomic mass is 10.0. The molecule has 0 aliphatic carbocycles. The van der Waals surface area contributed by atoms with Crippen LogP contribution < -0.4 is 0 Å². The van der Waals surface area contributed by atoms with E-state index >= 15 is 0 Å². The Morgan fingerprint density at radius 1 is 0.356 bits per heavy atom. The summed E-state index contributed by atoms with van der Waals surface area (Å²) in [4.78, 5) is 37.6. The van der Waals surface area contributed by atoms with Gasteiger partial charge in [-0.15, -0.1) is 0 Å². The summed E-state index contributed by atoms with van der Waals surface area (Å²) in [6.07, 6.45) is 90.0. The van der Waals surface area contributed by atoms with E-state index in [0.29, 0.717) is 17.4 Å². The first kappa shape index (κ1) is 83.5. The zero-order valence-electron chi connectivity index (χ0n) is 57.7. The van der Waals surface area contributed by atoms with Crippen molar-refractivity contribution in [3.63, 3.8) is 0 Å². The predicted molar refractivity (Wildman–Crippen MR) is 373 cm³/mol. The van der Waals surface area contributed by atoms with Crippen LogP contribution in [-0.2, 0) is 33.3 Å². The van der Waals surface area contributed by atoms with Crippen molar-refractivity contribution in [1.82, 2.24) is 0 Å². The van der Waals surface area contributed by atoms with E-state index in [9.17, 15) is 19.5 Å². The number of aliphatic carboxylic acids is 1. The lowest BCUT2D eigenvalue weighted by Gasteiger charge is -2.25. The van der Waals surface area contributed by atoms with Crippen LogP contribution in [0.1, 0.15) is 335 Å². The van der Waals surface area contributed by atoms with Crippen LogP contribution in [0.15, 0.2) is 85.1 Å². The van der Waals surface area contributed by atoms with E-state index < -0.39 is 18.4 Å². The van der Waals surface area contributed by atoms with Gasteiger partial charge in [0.2, 0.25) is 0 Å². The SMILES string of the molecule is CC/C=C\C/C=C\C/C=C\C/C=C\C/C=C\CCCCCCCCCCCCCCCCCCCCCCCCCC(=O)OC(COC(=O)CCCCCCCCCCCCC/C=C\C/C=C\CCCCCCC)COC(OCC[N+](C)(C)C)C(=O)O. The van der Waals surface area contributed by atoms with E-state index in [1.165, 1.54) is 231 Å². The average Bonchev–Trinajstić information content (AvgIpc) is 3.55. The van der Waals surface area contributed by atoms with Gasteiger partial charge in [0.1, 0.15) is 13.2 Å². The second-order valence-electron chi connectivity index (χ2n) is 25.9.